The Morgan fingerprint density at radius 2 is 2.00 bits per heavy atom. The Morgan fingerprint density at radius 1 is 1.50 bits per heavy atom. The molecule has 0 aromatic carbocycles. The fourth-order valence-corrected chi connectivity index (χ4v) is 2.18. The minimum absolute atomic E-state index is 0. The van der Waals surface area contributed by atoms with E-state index in [1.807, 2.05) is 0 Å². The summed E-state index contributed by atoms with van der Waals surface area (Å²) in [4.78, 5) is 0. The Morgan fingerprint density at radius 3 is 2.08 bits per heavy atom. The third-order valence-corrected chi connectivity index (χ3v) is 3.03. The number of alkyl halides is 2. The minimum Gasteiger partial charge on any atom is -0.772 e. The van der Waals surface area contributed by atoms with Crippen molar-refractivity contribution in [2.75, 3.05) is 5.75 Å². The summed E-state index contributed by atoms with van der Waals surface area (Å²) >= 11 is -2.33. The number of rotatable bonds is 3. The second kappa shape index (κ2) is 5.00. The fraction of sp³-hybridized carbons (Fsp3) is 1.00. The van der Waals surface area contributed by atoms with Crippen LogP contribution in [0.3, 0.4) is 0 Å². The van der Waals surface area contributed by atoms with Crippen molar-refractivity contribution in [2.24, 2.45) is 5.41 Å². The quantitative estimate of drug-likeness (QED) is 0.408. The minimum atomic E-state index is -2.49. The van der Waals surface area contributed by atoms with Crippen LogP contribution in [-0.4, -0.2) is 20.9 Å². The number of hydrogen-bond acceptors (Lipinski definition) is 2. The first-order valence-corrected chi connectivity index (χ1v) is 4.65. The van der Waals surface area contributed by atoms with Crippen molar-refractivity contribution in [3.63, 3.8) is 0 Å². The van der Waals surface area contributed by atoms with E-state index < -0.39 is 22.9 Å². The average molecular weight is 206 g/mol. The van der Waals surface area contributed by atoms with Crippen LogP contribution in [0.15, 0.2) is 0 Å². The summed E-state index contributed by atoms with van der Waals surface area (Å²) in [7, 11) is 0. The van der Waals surface area contributed by atoms with Gasteiger partial charge in [0.2, 0.25) is 6.43 Å². The van der Waals surface area contributed by atoms with Crippen molar-refractivity contribution in [1.82, 2.24) is 0 Å². The van der Waals surface area contributed by atoms with Gasteiger partial charge in [-0.3, -0.25) is 4.21 Å². The molecule has 0 amide bonds. The Bertz CT molecular complexity index is 173. The molecule has 1 atom stereocenters. The standard InChI is InChI=1S/C6H10F2O2S.Na/c7-5(8)6(2-1-3-6)4-11(9)10;/h5H,1-4H2,(H,9,10);/q;+1/p-1. The Labute approximate surface area is 94.7 Å². The van der Waals surface area contributed by atoms with E-state index in [-0.39, 0.29) is 35.3 Å². The van der Waals surface area contributed by atoms with E-state index in [4.69, 9.17) is 0 Å². The molecule has 0 aromatic rings. The van der Waals surface area contributed by atoms with Gasteiger partial charge in [-0.15, -0.1) is 0 Å². The van der Waals surface area contributed by atoms with Crippen LogP contribution < -0.4 is 29.6 Å². The first-order chi connectivity index (χ1) is 5.07. The zero-order valence-corrected chi connectivity index (χ0v) is 9.70. The Balaban J connectivity index is 0.00000121. The molecule has 0 heterocycles. The van der Waals surface area contributed by atoms with Crippen LogP contribution in [0.2, 0.25) is 0 Å². The molecular formula is C6H9F2NaO2S. The summed E-state index contributed by atoms with van der Waals surface area (Å²) in [6, 6.07) is 0. The molecule has 0 N–H and O–H groups in total. The molecule has 0 aliphatic heterocycles. The molecule has 1 unspecified atom stereocenters. The fourth-order valence-electron chi connectivity index (χ4n) is 1.29. The van der Waals surface area contributed by atoms with Crippen LogP contribution in [0.4, 0.5) is 8.78 Å². The van der Waals surface area contributed by atoms with Crippen LogP contribution in [0.25, 0.3) is 0 Å². The molecule has 0 bridgehead atoms. The van der Waals surface area contributed by atoms with Gasteiger partial charge >= 0.3 is 29.6 Å². The van der Waals surface area contributed by atoms with Gasteiger partial charge in [-0.2, -0.15) is 0 Å². The van der Waals surface area contributed by atoms with Crippen LogP contribution in [0.5, 0.6) is 0 Å². The van der Waals surface area contributed by atoms with Crippen LogP contribution in [-0.2, 0) is 11.1 Å². The molecular weight excluding hydrogens is 197 g/mol. The molecule has 12 heavy (non-hydrogen) atoms. The maximum absolute atomic E-state index is 12.2. The molecule has 0 saturated heterocycles. The van der Waals surface area contributed by atoms with Crippen molar-refractivity contribution < 1.29 is 47.1 Å². The summed E-state index contributed by atoms with van der Waals surface area (Å²) in [5.74, 6) is -0.384. The normalized spacial score (nSPS) is 22.7. The van der Waals surface area contributed by atoms with Gasteiger partial charge in [-0.1, -0.05) is 17.5 Å². The smallest absolute Gasteiger partial charge is 0.772 e. The SMILES string of the molecule is O=S([O-])CC1(C(F)F)CCC1.[Na+]. The molecule has 0 radical (unpaired) electrons. The third-order valence-electron chi connectivity index (χ3n) is 2.22. The van der Waals surface area contributed by atoms with E-state index >= 15 is 0 Å². The predicted molar refractivity (Wildman–Crippen MR) is 36.1 cm³/mol. The summed E-state index contributed by atoms with van der Waals surface area (Å²) in [5.41, 5.74) is -1.20. The van der Waals surface area contributed by atoms with Gasteiger partial charge in [0.1, 0.15) is 0 Å². The van der Waals surface area contributed by atoms with Gasteiger partial charge in [0, 0.05) is 11.2 Å². The molecule has 2 nitrogen and oxygen atoms in total. The topological polar surface area (TPSA) is 40.1 Å². The van der Waals surface area contributed by atoms with Gasteiger partial charge in [0.25, 0.3) is 0 Å². The Kier molecular flexibility index (Phi) is 5.41. The summed E-state index contributed by atoms with van der Waals surface area (Å²) in [6.45, 7) is 0. The van der Waals surface area contributed by atoms with Crippen molar-refractivity contribution in [1.29, 1.82) is 0 Å². The van der Waals surface area contributed by atoms with E-state index in [9.17, 15) is 17.5 Å². The Hall–Kier alpha value is 0.970. The summed E-state index contributed by atoms with van der Waals surface area (Å²) in [6.07, 6.45) is -1.08. The van der Waals surface area contributed by atoms with Crippen molar-refractivity contribution in [3.8, 4) is 0 Å². The first kappa shape index (κ1) is 13.0. The van der Waals surface area contributed by atoms with E-state index in [0.29, 0.717) is 12.8 Å². The van der Waals surface area contributed by atoms with Gasteiger partial charge in [-0.25, -0.2) is 8.78 Å². The van der Waals surface area contributed by atoms with Crippen molar-refractivity contribution in [3.05, 3.63) is 0 Å². The molecule has 0 aromatic heterocycles. The first-order valence-electron chi connectivity index (χ1n) is 3.41. The van der Waals surface area contributed by atoms with Crippen molar-refractivity contribution in [2.45, 2.75) is 25.7 Å². The van der Waals surface area contributed by atoms with E-state index in [2.05, 4.69) is 0 Å². The molecule has 1 saturated carbocycles. The van der Waals surface area contributed by atoms with Crippen LogP contribution in [0, 0.1) is 5.41 Å². The molecule has 1 aliphatic rings. The molecule has 1 rings (SSSR count). The second-order valence-corrected chi connectivity index (χ2v) is 3.86. The summed E-state index contributed by atoms with van der Waals surface area (Å²) in [5, 5.41) is 0. The zero-order chi connectivity index (χ0) is 8.48. The van der Waals surface area contributed by atoms with E-state index in [1.54, 1.807) is 0 Å². The molecule has 1 aliphatic carbocycles. The number of hydrogen-bond donors (Lipinski definition) is 0. The molecule has 1 fully saturated rings. The van der Waals surface area contributed by atoms with Crippen molar-refractivity contribution >= 4 is 11.1 Å². The van der Waals surface area contributed by atoms with Gasteiger partial charge in [-0.05, 0) is 12.8 Å². The monoisotopic (exact) mass is 206 g/mol. The molecule has 6 heteroatoms. The number of halogens is 2. The zero-order valence-electron chi connectivity index (χ0n) is 6.89. The molecule has 66 valence electrons. The molecule has 0 spiro atoms. The average Bonchev–Trinajstić information content (AvgIpc) is 1.77. The second-order valence-electron chi connectivity index (χ2n) is 2.96. The van der Waals surface area contributed by atoms with E-state index in [0.717, 1.165) is 6.42 Å². The largest absolute Gasteiger partial charge is 1.00 e. The summed E-state index contributed by atoms with van der Waals surface area (Å²) < 4.78 is 44.8. The van der Waals surface area contributed by atoms with Crippen LogP contribution in [0.1, 0.15) is 19.3 Å². The van der Waals surface area contributed by atoms with Crippen LogP contribution >= 0.6 is 0 Å². The predicted octanol–water partition coefficient (Wildman–Crippen LogP) is -1.70. The third kappa shape index (κ3) is 2.73. The maximum atomic E-state index is 12.2. The van der Waals surface area contributed by atoms with Gasteiger partial charge < -0.3 is 4.55 Å². The van der Waals surface area contributed by atoms with E-state index in [1.165, 1.54) is 0 Å². The van der Waals surface area contributed by atoms with Gasteiger partial charge in [0.15, 0.2) is 0 Å². The maximum Gasteiger partial charge on any atom is 1.00 e. The van der Waals surface area contributed by atoms with Gasteiger partial charge in [0.05, 0.1) is 0 Å².